The quantitative estimate of drug-likeness (QED) is 0.484. The molecule has 2 unspecified atom stereocenters. The summed E-state index contributed by atoms with van der Waals surface area (Å²) in [5, 5.41) is 5.01. The minimum atomic E-state index is -3.67. The molecule has 0 spiro atoms. The van der Waals surface area contributed by atoms with Crippen LogP contribution < -0.4 is 15.4 Å². The second-order valence-corrected chi connectivity index (χ2v) is 11.3. The fraction of sp³-hybridized carbons (Fsp3) is 0.556. The van der Waals surface area contributed by atoms with Crippen molar-refractivity contribution in [2.75, 3.05) is 41.7 Å². The Morgan fingerprint density at radius 3 is 2.29 bits per heavy atom. The summed E-state index contributed by atoms with van der Waals surface area (Å²) in [7, 11) is -7.29. The topological polar surface area (TPSA) is 151 Å². The van der Waals surface area contributed by atoms with Crippen molar-refractivity contribution in [3.8, 4) is 0 Å². The minimum Gasteiger partial charge on any atom is -0.373 e. The molecule has 0 bridgehead atoms. The van der Waals surface area contributed by atoms with E-state index < -0.39 is 26.0 Å². The molecular weight excluding hydrogens is 448 g/mol. The average molecular weight is 477 g/mol. The van der Waals surface area contributed by atoms with Gasteiger partial charge >= 0.3 is 0 Å². The lowest BCUT2D eigenvalue weighted by Gasteiger charge is -2.34. The Morgan fingerprint density at radius 2 is 1.74 bits per heavy atom. The fourth-order valence-electron chi connectivity index (χ4n) is 3.18. The second kappa shape index (κ2) is 9.94. The summed E-state index contributed by atoms with van der Waals surface area (Å²) in [5.41, 5.74) is 0.246. The number of nitrogens with zero attached hydrogens (tertiary/aromatic N) is 1. The van der Waals surface area contributed by atoms with Gasteiger partial charge in [0, 0.05) is 32.2 Å². The van der Waals surface area contributed by atoms with Gasteiger partial charge < -0.3 is 15.4 Å². The molecule has 3 N–H and O–H groups in total. The number of anilines is 2. The van der Waals surface area contributed by atoms with E-state index in [4.69, 9.17) is 4.74 Å². The van der Waals surface area contributed by atoms with E-state index in [1.165, 1.54) is 29.4 Å². The number of carbonyl (C=O) groups excluding carboxylic acids is 2. The van der Waals surface area contributed by atoms with Crippen molar-refractivity contribution in [1.29, 1.82) is 0 Å². The molecule has 13 heteroatoms. The molecule has 0 aliphatic carbocycles. The van der Waals surface area contributed by atoms with E-state index in [-0.39, 0.29) is 54.8 Å². The molecule has 0 saturated carbocycles. The lowest BCUT2D eigenvalue weighted by atomic mass is 10.1. The Balaban J connectivity index is 2.12. The summed E-state index contributed by atoms with van der Waals surface area (Å²) >= 11 is 0. The van der Waals surface area contributed by atoms with Gasteiger partial charge in [0.05, 0.1) is 35.5 Å². The highest BCUT2D eigenvalue weighted by Crippen LogP contribution is 2.22. The molecule has 2 amide bonds. The number of hydrogen-bond acceptors (Lipinski definition) is 7. The summed E-state index contributed by atoms with van der Waals surface area (Å²) < 4.78 is 57.5. The van der Waals surface area contributed by atoms with E-state index in [9.17, 15) is 26.4 Å². The first-order valence-electron chi connectivity index (χ1n) is 9.58. The average Bonchev–Trinajstić information content (AvgIpc) is 2.60. The number of ether oxygens (including phenoxy) is 1. The number of hydrogen-bond donors (Lipinski definition) is 3. The van der Waals surface area contributed by atoms with Gasteiger partial charge in [-0.2, -0.15) is 4.31 Å². The fourth-order valence-corrected chi connectivity index (χ4v) is 5.25. The molecule has 1 aromatic rings. The molecule has 1 fully saturated rings. The summed E-state index contributed by atoms with van der Waals surface area (Å²) in [6, 6.07) is 4.09. The van der Waals surface area contributed by atoms with E-state index in [0.29, 0.717) is 5.69 Å². The summed E-state index contributed by atoms with van der Waals surface area (Å²) in [6.45, 7) is 5.17. The Morgan fingerprint density at radius 1 is 1.13 bits per heavy atom. The first-order chi connectivity index (χ1) is 14.3. The van der Waals surface area contributed by atoms with Crippen molar-refractivity contribution < 1.29 is 31.2 Å². The zero-order valence-corrected chi connectivity index (χ0v) is 19.5. The zero-order valence-electron chi connectivity index (χ0n) is 17.8. The van der Waals surface area contributed by atoms with Crippen LogP contribution in [-0.4, -0.2) is 76.8 Å². The number of nitrogens with one attached hydrogen (secondary N) is 3. The van der Waals surface area contributed by atoms with Crippen molar-refractivity contribution in [2.45, 2.75) is 33.0 Å². The van der Waals surface area contributed by atoms with E-state index in [1.807, 2.05) is 0 Å². The number of morpholine rings is 1. The van der Waals surface area contributed by atoms with Gasteiger partial charge in [-0.1, -0.05) is 0 Å². The van der Waals surface area contributed by atoms with Crippen molar-refractivity contribution in [2.24, 2.45) is 0 Å². The van der Waals surface area contributed by atoms with Crippen molar-refractivity contribution in [3.63, 3.8) is 0 Å². The molecule has 11 nitrogen and oxygen atoms in total. The Bertz CT molecular complexity index is 1030. The molecule has 31 heavy (non-hydrogen) atoms. The maximum absolute atomic E-state index is 12.7. The predicted molar refractivity (Wildman–Crippen MR) is 117 cm³/mol. The standard InChI is InChI=1S/C18H28N4O7S2/c1-12-10-22(11-13(2)29-12)31(27,28)8-7-19-18(24)16-9-15(20-14(3)23)5-6-17(16)21-30(4,25)26/h5-6,9,12-13,21H,7-8,10-11H2,1-4H3,(H,19,24)(H,20,23). The Labute approximate surface area is 182 Å². The highest BCUT2D eigenvalue weighted by molar-refractivity contribution is 7.92. The van der Waals surface area contributed by atoms with Gasteiger partial charge in [-0.05, 0) is 32.0 Å². The van der Waals surface area contributed by atoms with Gasteiger partial charge in [0.25, 0.3) is 5.91 Å². The van der Waals surface area contributed by atoms with Gasteiger partial charge in [0.15, 0.2) is 0 Å². The monoisotopic (exact) mass is 476 g/mol. The normalized spacial score (nSPS) is 20.1. The van der Waals surface area contributed by atoms with E-state index >= 15 is 0 Å². The van der Waals surface area contributed by atoms with Gasteiger partial charge in [0.2, 0.25) is 26.0 Å². The predicted octanol–water partition coefficient (Wildman–Crippen LogP) is 0.185. The molecule has 0 aromatic heterocycles. The largest absolute Gasteiger partial charge is 0.373 e. The van der Waals surface area contributed by atoms with Crippen molar-refractivity contribution >= 4 is 43.2 Å². The molecule has 1 aliphatic heterocycles. The molecule has 1 aromatic carbocycles. The summed E-state index contributed by atoms with van der Waals surface area (Å²) in [4.78, 5) is 24.0. The lowest BCUT2D eigenvalue weighted by Crippen LogP contribution is -2.49. The van der Waals surface area contributed by atoms with E-state index in [0.717, 1.165) is 6.26 Å². The molecule has 2 atom stereocenters. The van der Waals surface area contributed by atoms with Crippen molar-refractivity contribution in [1.82, 2.24) is 9.62 Å². The van der Waals surface area contributed by atoms with E-state index in [1.54, 1.807) is 13.8 Å². The third kappa shape index (κ3) is 7.76. The molecular formula is C18H28N4O7S2. The second-order valence-electron chi connectivity index (χ2n) is 7.46. The highest BCUT2D eigenvalue weighted by atomic mass is 32.2. The third-order valence-corrected chi connectivity index (χ3v) is 6.70. The number of amides is 2. The van der Waals surface area contributed by atoms with Crippen LogP contribution >= 0.6 is 0 Å². The molecule has 1 saturated heterocycles. The van der Waals surface area contributed by atoms with Crippen LogP contribution in [-0.2, 0) is 29.6 Å². The SMILES string of the molecule is CC(=O)Nc1ccc(NS(C)(=O)=O)c(C(=O)NCCS(=O)(=O)N2CC(C)OC(C)C2)c1. The van der Waals surface area contributed by atoms with E-state index in [2.05, 4.69) is 15.4 Å². The van der Waals surface area contributed by atoms with Crippen LogP contribution in [0, 0.1) is 0 Å². The van der Waals surface area contributed by atoms with Gasteiger partial charge in [-0.3, -0.25) is 14.3 Å². The van der Waals surface area contributed by atoms with Crippen LogP contribution in [0.1, 0.15) is 31.1 Å². The maximum Gasteiger partial charge on any atom is 0.253 e. The number of rotatable bonds is 8. The van der Waals surface area contributed by atoms with Crippen LogP contribution in [0.2, 0.25) is 0 Å². The van der Waals surface area contributed by atoms with Crippen LogP contribution in [0.3, 0.4) is 0 Å². The minimum absolute atomic E-state index is 0.00721. The number of sulfonamides is 2. The maximum atomic E-state index is 12.7. The lowest BCUT2D eigenvalue weighted by molar-refractivity contribution is -0.114. The van der Waals surface area contributed by atoms with Gasteiger partial charge in [0.1, 0.15) is 0 Å². The Hall–Kier alpha value is -2.22. The van der Waals surface area contributed by atoms with Crippen LogP contribution in [0.4, 0.5) is 11.4 Å². The first-order valence-corrected chi connectivity index (χ1v) is 13.1. The number of carbonyl (C=O) groups is 2. The molecule has 1 heterocycles. The van der Waals surface area contributed by atoms with Crippen molar-refractivity contribution in [3.05, 3.63) is 23.8 Å². The molecule has 174 valence electrons. The van der Waals surface area contributed by atoms with Gasteiger partial charge in [-0.15, -0.1) is 0 Å². The van der Waals surface area contributed by atoms with Crippen LogP contribution in [0.15, 0.2) is 18.2 Å². The Kier molecular flexibility index (Phi) is 8.03. The van der Waals surface area contributed by atoms with Gasteiger partial charge in [-0.25, -0.2) is 16.8 Å². The smallest absolute Gasteiger partial charge is 0.253 e. The molecule has 2 rings (SSSR count). The number of benzene rings is 1. The third-order valence-electron chi connectivity index (χ3n) is 4.30. The summed E-state index contributed by atoms with van der Waals surface area (Å²) in [5.74, 6) is -1.37. The first kappa shape index (κ1) is 25.0. The summed E-state index contributed by atoms with van der Waals surface area (Å²) in [6.07, 6.45) is 0.483. The molecule has 0 radical (unpaired) electrons. The van der Waals surface area contributed by atoms with Crippen LogP contribution in [0.5, 0.6) is 0 Å². The van der Waals surface area contributed by atoms with Crippen LogP contribution in [0.25, 0.3) is 0 Å². The zero-order chi connectivity index (χ0) is 23.4. The molecule has 1 aliphatic rings. The highest BCUT2D eigenvalue weighted by Gasteiger charge is 2.30.